The highest BCUT2D eigenvalue weighted by Crippen LogP contribution is 2.39. The third-order valence-electron chi connectivity index (χ3n) is 12.4. The number of sulfonamides is 2. The first kappa shape index (κ1) is 53.0. The summed E-state index contributed by atoms with van der Waals surface area (Å²) in [5.41, 5.74) is 8.13. The van der Waals surface area contributed by atoms with Crippen molar-refractivity contribution in [3.8, 4) is 40.2 Å². The molecule has 4 heterocycles. The fraction of sp³-hybridized carbons (Fsp3) is 0.400. The first-order valence-electron chi connectivity index (χ1n) is 22.8. The molecular formula is C50H62N6O11S4. The summed E-state index contributed by atoms with van der Waals surface area (Å²) in [7, 11) is 3.34. The van der Waals surface area contributed by atoms with Crippen LogP contribution in [0.3, 0.4) is 0 Å². The molecule has 0 aliphatic carbocycles. The summed E-state index contributed by atoms with van der Waals surface area (Å²) in [5.74, 6) is 3.37. The molecule has 17 nitrogen and oxygen atoms in total. The Kier molecular flexibility index (Phi) is 17.3. The summed E-state index contributed by atoms with van der Waals surface area (Å²) in [4.78, 5) is 14.2. The lowest BCUT2D eigenvalue weighted by Crippen LogP contribution is -2.48. The van der Waals surface area contributed by atoms with Gasteiger partial charge < -0.3 is 43.0 Å². The van der Waals surface area contributed by atoms with Crippen molar-refractivity contribution in [1.82, 2.24) is 18.6 Å². The van der Waals surface area contributed by atoms with Gasteiger partial charge in [-0.25, -0.2) is 26.8 Å². The Labute approximate surface area is 425 Å². The molecule has 6 aromatic rings. The highest BCUT2D eigenvalue weighted by Gasteiger charge is 2.33. The summed E-state index contributed by atoms with van der Waals surface area (Å²) in [6, 6.07) is 17.8. The van der Waals surface area contributed by atoms with Crippen molar-refractivity contribution in [2.45, 2.75) is 43.4 Å². The van der Waals surface area contributed by atoms with Gasteiger partial charge in [-0.3, -0.25) is 0 Å². The predicted molar refractivity (Wildman–Crippen MR) is 278 cm³/mol. The molecule has 382 valence electrons. The van der Waals surface area contributed by atoms with Gasteiger partial charge in [0.1, 0.15) is 32.8 Å². The number of anilines is 2. The molecule has 2 aromatic heterocycles. The standard InChI is InChI=1S/C25H31N3O7S2.C25H31N3O4S2/c1-31-19-6-7-23(20(15-19)32-2)37(29,30)28-10-8-27(9-11-28)25-26-18(16-36-25)12-17-13-21(33-3)24(35-5)22(14-17)34-4;1-17-12-18(2)22(19(3)13-17)14-20-16-33-25(26-20)27-8-10-28(11-9-27)34(29,30)24-7-6-21(31-4)15-23(24)32-5/h6-7,13-16H,8-12H2,1-5H3;6-7,12-13,15-16H,8-11,14H2,1-5H3. The van der Waals surface area contributed by atoms with Crippen LogP contribution < -0.4 is 43.0 Å². The highest BCUT2D eigenvalue weighted by atomic mass is 32.2. The number of benzene rings is 4. The molecule has 2 aliphatic heterocycles. The van der Waals surface area contributed by atoms with Crippen molar-refractivity contribution in [1.29, 1.82) is 0 Å². The van der Waals surface area contributed by atoms with Crippen molar-refractivity contribution >= 4 is 53.0 Å². The largest absolute Gasteiger partial charge is 0.497 e. The Morgan fingerprint density at radius 2 is 0.901 bits per heavy atom. The van der Waals surface area contributed by atoms with E-state index in [1.807, 2.05) is 17.5 Å². The molecule has 0 unspecified atom stereocenters. The van der Waals surface area contributed by atoms with E-state index in [9.17, 15) is 16.8 Å². The maximum atomic E-state index is 13.3. The molecule has 0 N–H and O–H groups in total. The molecule has 21 heteroatoms. The van der Waals surface area contributed by atoms with Gasteiger partial charge in [0, 0.05) is 88.1 Å². The van der Waals surface area contributed by atoms with Gasteiger partial charge in [0.2, 0.25) is 25.8 Å². The van der Waals surface area contributed by atoms with Gasteiger partial charge in [0.05, 0.1) is 61.2 Å². The number of thiazole rings is 2. The molecule has 2 aliphatic rings. The number of aryl methyl sites for hydroxylation is 3. The Balaban J connectivity index is 0.000000209. The van der Waals surface area contributed by atoms with E-state index >= 15 is 0 Å². The topological polar surface area (TPSA) is 172 Å². The quantitative estimate of drug-likeness (QED) is 0.0880. The molecule has 0 bridgehead atoms. The monoisotopic (exact) mass is 1050 g/mol. The Morgan fingerprint density at radius 3 is 1.28 bits per heavy atom. The lowest BCUT2D eigenvalue weighted by atomic mass is 9.96. The number of rotatable bonds is 17. The van der Waals surface area contributed by atoms with Crippen molar-refractivity contribution in [3.63, 3.8) is 0 Å². The highest BCUT2D eigenvalue weighted by molar-refractivity contribution is 7.89. The maximum absolute atomic E-state index is 13.3. The third kappa shape index (κ3) is 11.9. The molecule has 0 radical (unpaired) electrons. The van der Waals surface area contributed by atoms with Crippen LogP contribution in [-0.4, -0.2) is 138 Å². The van der Waals surface area contributed by atoms with E-state index in [4.69, 9.17) is 43.1 Å². The van der Waals surface area contributed by atoms with Crippen LogP contribution in [0, 0.1) is 20.8 Å². The van der Waals surface area contributed by atoms with Crippen LogP contribution >= 0.6 is 22.7 Å². The number of ether oxygens (including phenoxy) is 7. The third-order valence-corrected chi connectivity index (χ3v) is 18.2. The second kappa shape index (κ2) is 23.1. The fourth-order valence-corrected chi connectivity index (χ4v) is 13.5. The van der Waals surface area contributed by atoms with Crippen molar-refractivity contribution in [3.05, 3.63) is 111 Å². The van der Waals surface area contributed by atoms with Crippen LogP contribution in [0.2, 0.25) is 0 Å². The maximum Gasteiger partial charge on any atom is 0.246 e. The number of piperazine rings is 2. The molecule has 0 amide bonds. The van der Waals surface area contributed by atoms with Gasteiger partial charge in [-0.1, -0.05) is 17.7 Å². The van der Waals surface area contributed by atoms with Gasteiger partial charge in [-0.05, 0) is 79.4 Å². The fourth-order valence-electron chi connectivity index (χ4n) is 8.66. The molecule has 4 aromatic carbocycles. The second-order valence-electron chi connectivity index (χ2n) is 16.8. The normalized spacial score (nSPS) is 14.6. The van der Waals surface area contributed by atoms with E-state index in [0.717, 1.165) is 33.6 Å². The van der Waals surface area contributed by atoms with E-state index in [2.05, 4.69) is 48.1 Å². The van der Waals surface area contributed by atoms with Gasteiger partial charge in [-0.15, -0.1) is 22.7 Å². The average molecular weight is 1050 g/mol. The summed E-state index contributed by atoms with van der Waals surface area (Å²) in [5, 5.41) is 5.93. The van der Waals surface area contributed by atoms with Gasteiger partial charge in [-0.2, -0.15) is 8.61 Å². The second-order valence-corrected chi connectivity index (χ2v) is 22.3. The van der Waals surface area contributed by atoms with Crippen LogP contribution in [0.1, 0.15) is 39.2 Å². The van der Waals surface area contributed by atoms with E-state index in [1.165, 1.54) is 65.4 Å². The van der Waals surface area contributed by atoms with Crippen LogP contribution in [0.15, 0.2) is 81.2 Å². The predicted octanol–water partition coefficient (Wildman–Crippen LogP) is 7.48. The van der Waals surface area contributed by atoms with Crippen LogP contribution in [-0.2, 0) is 32.9 Å². The van der Waals surface area contributed by atoms with E-state index in [1.54, 1.807) is 74.3 Å². The molecular weight excluding hydrogens is 989 g/mol. The first-order valence-corrected chi connectivity index (χ1v) is 27.4. The van der Waals surface area contributed by atoms with Crippen molar-refractivity contribution in [2.75, 3.05) is 112 Å². The zero-order chi connectivity index (χ0) is 51.0. The van der Waals surface area contributed by atoms with Crippen molar-refractivity contribution in [2.24, 2.45) is 0 Å². The lowest BCUT2D eigenvalue weighted by Gasteiger charge is -2.34. The Bertz CT molecular complexity index is 2970. The van der Waals surface area contributed by atoms with E-state index < -0.39 is 20.0 Å². The van der Waals surface area contributed by atoms with Crippen molar-refractivity contribution < 1.29 is 50.0 Å². The first-order chi connectivity index (χ1) is 34.1. The number of hydrogen-bond acceptors (Lipinski definition) is 17. The molecule has 8 rings (SSSR count). The minimum absolute atomic E-state index is 0.131. The van der Waals surface area contributed by atoms with Crippen LogP contribution in [0.25, 0.3) is 0 Å². The average Bonchev–Trinajstić information content (AvgIpc) is 4.07. The van der Waals surface area contributed by atoms with Crippen LogP contribution in [0.5, 0.6) is 40.2 Å². The molecule has 0 spiro atoms. The van der Waals surface area contributed by atoms with Crippen LogP contribution in [0.4, 0.5) is 10.3 Å². The van der Waals surface area contributed by atoms with Gasteiger partial charge in [0.25, 0.3) is 0 Å². The number of hydrogen-bond donors (Lipinski definition) is 0. The smallest absolute Gasteiger partial charge is 0.246 e. The zero-order valence-corrected chi connectivity index (χ0v) is 45.1. The molecule has 2 saturated heterocycles. The molecule has 2 fully saturated rings. The summed E-state index contributed by atoms with van der Waals surface area (Å²) in [6.07, 6.45) is 1.40. The van der Waals surface area contributed by atoms with E-state index in [-0.39, 0.29) is 21.3 Å². The van der Waals surface area contributed by atoms with Gasteiger partial charge >= 0.3 is 0 Å². The summed E-state index contributed by atoms with van der Waals surface area (Å²) in [6.45, 7) is 10.2. The SMILES string of the molecule is COc1ccc(S(=O)(=O)N2CCN(c3nc(Cc4c(C)cc(C)cc4C)cs3)CC2)c(OC)c1.COc1ccc(S(=O)(=O)N2CCN(c3nc(Cc4cc(OC)c(OC)c(OC)c4)cs3)CC2)c(OC)c1. The lowest BCUT2D eigenvalue weighted by molar-refractivity contribution is 0.324. The molecule has 0 saturated carbocycles. The zero-order valence-electron chi connectivity index (χ0n) is 41.8. The van der Waals surface area contributed by atoms with E-state index in [0.29, 0.717) is 87.5 Å². The number of aromatic nitrogens is 2. The minimum atomic E-state index is -3.71. The summed E-state index contributed by atoms with van der Waals surface area (Å²) >= 11 is 3.16. The molecule has 0 atom stereocenters. The Hall–Kier alpha value is -5.84. The summed E-state index contributed by atoms with van der Waals surface area (Å²) < 4.78 is 93.5. The number of nitrogens with zero attached hydrogens (tertiary/aromatic N) is 6. The Morgan fingerprint density at radius 1 is 0.493 bits per heavy atom. The number of methoxy groups -OCH3 is 7. The molecule has 71 heavy (non-hydrogen) atoms. The van der Waals surface area contributed by atoms with Gasteiger partial charge in [0.15, 0.2) is 21.8 Å². The minimum Gasteiger partial charge on any atom is -0.497 e.